The molecule has 0 unspecified atom stereocenters. The summed E-state index contributed by atoms with van der Waals surface area (Å²) < 4.78 is 5.23. The van der Waals surface area contributed by atoms with Crippen molar-refractivity contribution in [3.8, 4) is 0 Å². The normalized spacial score (nSPS) is 17.3. The van der Waals surface area contributed by atoms with Gasteiger partial charge in [0.2, 0.25) is 5.91 Å². The van der Waals surface area contributed by atoms with Gasteiger partial charge in [0.1, 0.15) is 0 Å². The average molecular weight is 283 g/mol. The van der Waals surface area contributed by atoms with Crippen molar-refractivity contribution in [1.29, 1.82) is 0 Å². The summed E-state index contributed by atoms with van der Waals surface area (Å²) in [5.41, 5.74) is 1.12. The van der Waals surface area contributed by atoms with Gasteiger partial charge in [-0.3, -0.25) is 4.79 Å². The number of amides is 1. The van der Waals surface area contributed by atoms with Crippen LogP contribution in [-0.2, 0) is 9.53 Å². The minimum absolute atomic E-state index is 0.127. The van der Waals surface area contributed by atoms with Gasteiger partial charge < -0.3 is 15.0 Å². The zero-order chi connectivity index (χ0) is 13.7. The van der Waals surface area contributed by atoms with Gasteiger partial charge in [-0.05, 0) is 24.6 Å². The van der Waals surface area contributed by atoms with Gasteiger partial charge in [0, 0.05) is 24.2 Å². The molecule has 1 aliphatic heterocycles. The van der Waals surface area contributed by atoms with Crippen LogP contribution < -0.4 is 5.32 Å². The maximum atomic E-state index is 12.0. The molecule has 4 nitrogen and oxygen atoms in total. The van der Waals surface area contributed by atoms with E-state index in [1.807, 2.05) is 36.1 Å². The number of carbonyl (C=O) groups is 1. The van der Waals surface area contributed by atoms with E-state index in [1.165, 1.54) is 0 Å². The molecule has 19 heavy (non-hydrogen) atoms. The Morgan fingerprint density at radius 2 is 2.00 bits per heavy atom. The molecule has 0 bridgehead atoms. The van der Waals surface area contributed by atoms with Crippen LogP contribution in [0.1, 0.15) is 18.5 Å². The Labute approximate surface area is 118 Å². The van der Waals surface area contributed by atoms with Crippen LogP contribution in [0.4, 0.5) is 0 Å². The number of nitrogens with zero attached hydrogens (tertiary/aromatic N) is 1. The highest BCUT2D eigenvalue weighted by molar-refractivity contribution is 6.30. The van der Waals surface area contributed by atoms with Crippen molar-refractivity contribution in [1.82, 2.24) is 10.2 Å². The largest absolute Gasteiger partial charge is 0.378 e. The maximum Gasteiger partial charge on any atom is 0.236 e. The van der Waals surface area contributed by atoms with Crippen molar-refractivity contribution in [2.75, 3.05) is 32.8 Å². The molecule has 1 aliphatic rings. The third-order valence-corrected chi connectivity index (χ3v) is 3.55. The van der Waals surface area contributed by atoms with Crippen molar-refractivity contribution >= 4 is 17.5 Å². The van der Waals surface area contributed by atoms with Crippen LogP contribution >= 0.6 is 11.6 Å². The minimum atomic E-state index is 0.127. The number of carbonyl (C=O) groups excluding carboxylic acids is 1. The van der Waals surface area contributed by atoms with E-state index in [1.54, 1.807) is 0 Å². The van der Waals surface area contributed by atoms with Crippen LogP contribution in [0.2, 0.25) is 5.02 Å². The van der Waals surface area contributed by atoms with Crippen LogP contribution in [0.5, 0.6) is 0 Å². The van der Waals surface area contributed by atoms with Gasteiger partial charge in [-0.25, -0.2) is 0 Å². The number of rotatable bonds is 4. The summed E-state index contributed by atoms with van der Waals surface area (Å²) in [6.45, 7) is 5.04. The second-order valence-electron chi connectivity index (χ2n) is 4.65. The van der Waals surface area contributed by atoms with Crippen LogP contribution in [0.3, 0.4) is 0 Å². The Bertz CT molecular complexity index is 416. The number of nitrogens with one attached hydrogen (secondary N) is 1. The zero-order valence-corrected chi connectivity index (χ0v) is 11.8. The van der Waals surface area contributed by atoms with Gasteiger partial charge in [-0.1, -0.05) is 23.7 Å². The number of hydrogen-bond acceptors (Lipinski definition) is 3. The summed E-state index contributed by atoms with van der Waals surface area (Å²) in [5, 5.41) is 3.96. The molecular weight excluding hydrogens is 264 g/mol. The van der Waals surface area contributed by atoms with E-state index in [0.29, 0.717) is 32.8 Å². The monoisotopic (exact) mass is 282 g/mol. The third kappa shape index (κ3) is 4.20. The topological polar surface area (TPSA) is 41.6 Å². The van der Waals surface area contributed by atoms with Crippen molar-refractivity contribution in [3.63, 3.8) is 0 Å². The third-order valence-electron chi connectivity index (χ3n) is 3.29. The molecule has 0 radical (unpaired) electrons. The first-order valence-electron chi connectivity index (χ1n) is 6.51. The Kier molecular flexibility index (Phi) is 5.19. The van der Waals surface area contributed by atoms with Crippen molar-refractivity contribution in [2.24, 2.45) is 0 Å². The number of morpholine rings is 1. The predicted octanol–water partition coefficient (Wildman–Crippen LogP) is 1.85. The lowest BCUT2D eigenvalue weighted by Gasteiger charge is -2.27. The van der Waals surface area contributed by atoms with Gasteiger partial charge in [-0.15, -0.1) is 0 Å². The second-order valence-corrected chi connectivity index (χ2v) is 5.08. The standard InChI is InChI=1S/C14H19ClN2O2/c1-11(12-2-4-13(15)5-3-12)16-10-14(18)17-6-8-19-9-7-17/h2-5,11,16H,6-10H2,1H3/t11-/m0/s1. The fraction of sp³-hybridized carbons (Fsp3) is 0.500. The van der Waals surface area contributed by atoms with E-state index in [0.717, 1.165) is 10.6 Å². The molecular formula is C14H19ClN2O2. The van der Waals surface area contributed by atoms with E-state index in [-0.39, 0.29) is 11.9 Å². The van der Waals surface area contributed by atoms with E-state index in [4.69, 9.17) is 16.3 Å². The lowest BCUT2D eigenvalue weighted by atomic mass is 10.1. The van der Waals surface area contributed by atoms with Crippen molar-refractivity contribution in [3.05, 3.63) is 34.9 Å². The molecule has 1 fully saturated rings. The molecule has 1 aromatic carbocycles. The first-order valence-corrected chi connectivity index (χ1v) is 6.89. The summed E-state index contributed by atoms with van der Waals surface area (Å²) in [6.07, 6.45) is 0. The molecule has 1 saturated heterocycles. The number of hydrogen-bond donors (Lipinski definition) is 1. The van der Waals surface area contributed by atoms with Gasteiger partial charge >= 0.3 is 0 Å². The molecule has 2 rings (SSSR count). The summed E-state index contributed by atoms with van der Waals surface area (Å²) in [6, 6.07) is 7.79. The minimum Gasteiger partial charge on any atom is -0.378 e. The molecule has 0 aliphatic carbocycles. The fourth-order valence-electron chi connectivity index (χ4n) is 2.03. The van der Waals surface area contributed by atoms with Gasteiger partial charge in [0.25, 0.3) is 0 Å². The SMILES string of the molecule is C[C@H](NCC(=O)N1CCOCC1)c1ccc(Cl)cc1. The average Bonchev–Trinajstić information content (AvgIpc) is 2.46. The molecule has 0 aromatic heterocycles. The Hall–Kier alpha value is -1.10. The summed E-state index contributed by atoms with van der Waals surface area (Å²) in [7, 11) is 0. The van der Waals surface area contributed by atoms with E-state index in [2.05, 4.69) is 5.32 Å². The quantitative estimate of drug-likeness (QED) is 0.916. The van der Waals surface area contributed by atoms with Gasteiger partial charge in [0.05, 0.1) is 19.8 Å². The summed E-state index contributed by atoms with van der Waals surface area (Å²) >= 11 is 5.85. The Balaban J connectivity index is 1.80. The molecule has 1 amide bonds. The van der Waals surface area contributed by atoms with Crippen molar-refractivity contribution < 1.29 is 9.53 Å². The number of benzene rings is 1. The highest BCUT2D eigenvalue weighted by Gasteiger charge is 2.17. The van der Waals surface area contributed by atoms with Crippen molar-refractivity contribution in [2.45, 2.75) is 13.0 Å². The fourth-order valence-corrected chi connectivity index (χ4v) is 2.16. The van der Waals surface area contributed by atoms with Gasteiger partial charge in [0.15, 0.2) is 0 Å². The van der Waals surface area contributed by atoms with Crippen LogP contribution in [-0.4, -0.2) is 43.7 Å². The molecule has 1 heterocycles. The van der Waals surface area contributed by atoms with Crippen LogP contribution in [0, 0.1) is 0 Å². The first kappa shape index (κ1) is 14.3. The van der Waals surface area contributed by atoms with Crippen LogP contribution in [0.25, 0.3) is 0 Å². The summed E-state index contributed by atoms with van der Waals surface area (Å²) in [5.74, 6) is 0.129. The molecule has 0 spiro atoms. The lowest BCUT2D eigenvalue weighted by Crippen LogP contribution is -2.45. The number of halogens is 1. The highest BCUT2D eigenvalue weighted by Crippen LogP contribution is 2.15. The maximum absolute atomic E-state index is 12.0. The Morgan fingerprint density at radius 1 is 1.37 bits per heavy atom. The highest BCUT2D eigenvalue weighted by atomic mass is 35.5. The molecule has 1 N–H and O–H groups in total. The van der Waals surface area contributed by atoms with E-state index < -0.39 is 0 Å². The molecule has 5 heteroatoms. The smallest absolute Gasteiger partial charge is 0.236 e. The molecule has 1 aromatic rings. The summed E-state index contributed by atoms with van der Waals surface area (Å²) in [4.78, 5) is 13.8. The molecule has 104 valence electrons. The van der Waals surface area contributed by atoms with E-state index in [9.17, 15) is 4.79 Å². The number of ether oxygens (including phenoxy) is 1. The van der Waals surface area contributed by atoms with E-state index >= 15 is 0 Å². The lowest BCUT2D eigenvalue weighted by molar-refractivity contribution is -0.134. The van der Waals surface area contributed by atoms with Crippen LogP contribution in [0.15, 0.2) is 24.3 Å². The van der Waals surface area contributed by atoms with Gasteiger partial charge in [-0.2, -0.15) is 0 Å². The molecule has 1 atom stereocenters. The second kappa shape index (κ2) is 6.89. The molecule has 0 saturated carbocycles. The zero-order valence-electron chi connectivity index (χ0n) is 11.1. The predicted molar refractivity (Wildman–Crippen MR) is 75.3 cm³/mol. The first-order chi connectivity index (χ1) is 9.16. The Morgan fingerprint density at radius 3 is 2.63 bits per heavy atom.